The molecule has 102 valence electrons. The predicted octanol–water partition coefficient (Wildman–Crippen LogP) is 2.91. The summed E-state index contributed by atoms with van der Waals surface area (Å²) in [6.45, 7) is 3.82. The van der Waals surface area contributed by atoms with Crippen LogP contribution in [0.4, 0.5) is 0 Å². The van der Waals surface area contributed by atoms with Gasteiger partial charge >= 0.3 is 0 Å². The summed E-state index contributed by atoms with van der Waals surface area (Å²) in [6, 6.07) is 4.99. The summed E-state index contributed by atoms with van der Waals surface area (Å²) >= 11 is 6.49. The van der Waals surface area contributed by atoms with Gasteiger partial charge in [-0.05, 0) is 48.0 Å². The Bertz CT molecular complexity index is 529. The van der Waals surface area contributed by atoms with Crippen molar-refractivity contribution in [2.24, 2.45) is 0 Å². The van der Waals surface area contributed by atoms with E-state index in [9.17, 15) is 8.42 Å². The fraction of sp³-hybridized carbons (Fsp3) is 0.455. The molecule has 1 N–H and O–H groups in total. The number of hydrogen-bond acceptors (Lipinski definition) is 3. The van der Waals surface area contributed by atoms with Crippen LogP contribution in [0.25, 0.3) is 0 Å². The molecule has 0 amide bonds. The lowest BCUT2D eigenvalue weighted by Gasteiger charge is -2.23. The van der Waals surface area contributed by atoms with Crippen molar-refractivity contribution < 1.29 is 13.2 Å². The second kappa shape index (κ2) is 6.00. The van der Waals surface area contributed by atoms with E-state index in [1.807, 2.05) is 13.8 Å². The molecule has 0 aliphatic carbocycles. The number of benzene rings is 1. The average Bonchev–Trinajstić information content (AvgIpc) is 2.30. The fourth-order valence-electron chi connectivity index (χ4n) is 1.10. The normalized spacial score (nSPS) is 12.7. The second-order valence-electron chi connectivity index (χ2n) is 4.36. The minimum atomic E-state index is -3.56. The van der Waals surface area contributed by atoms with Crippen LogP contribution in [-0.2, 0) is 14.8 Å². The zero-order valence-corrected chi connectivity index (χ0v) is 14.3. The number of methoxy groups -OCH3 is 1. The van der Waals surface area contributed by atoms with Gasteiger partial charge in [-0.25, -0.2) is 13.1 Å². The molecule has 0 heterocycles. The van der Waals surface area contributed by atoms with Crippen LogP contribution in [0.15, 0.2) is 32.0 Å². The number of halogens is 2. The molecule has 7 heteroatoms. The van der Waals surface area contributed by atoms with Gasteiger partial charge in [-0.2, -0.15) is 0 Å². The lowest BCUT2D eigenvalue weighted by atomic mass is 10.1. The highest BCUT2D eigenvalue weighted by molar-refractivity contribution is 9.11. The maximum absolute atomic E-state index is 12.2. The summed E-state index contributed by atoms with van der Waals surface area (Å²) in [6.07, 6.45) is 0. The second-order valence-corrected chi connectivity index (χ2v) is 7.87. The fourth-order valence-corrected chi connectivity index (χ4v) is 3.80. The van der Waals surface area contributed by atoms with Crippen molar-refractivity contribution in [2.45, 2.75) is 24.3 Å². The van der Waals surface area contributed by atoms with Crippen LogP contribution in [0.2, 0.25) is 0 Å². The van der Waals surface area contributed by atoms with E-state index in [1.54, 1.807) is 25.3 Å². The Hall–Kier alpha value is 0.0500. The van der Waals surface area contributed by atoms with Gasteiger partial charge in [0.2, 0.25) is 10.0 Å². The van der Waals surface area contributed by atoms with E-state index in [1.165, 1.54) is 0 Å². The molecule has 0 saturated heterocycles. The molecular formula is C11H15Br2NO3S. The maximum Gasteiger partial charge on any atom is 0.241 e. The van der Waals surface area contributed by atoms with Crippen molar-refractivity contribution in [3.05, 3.63) is 27.1 Å². The molecule has 0 atom stereocenters. The largest absolute Gasteiger partial charge is 0.377 e. The van der Waals surface area contributed by atoms with E-state index in [0.717, 1.165) is 0 Å². The highest BCUT2D eigenvalue weighted by Gasteiger charge is 2.23. The molecule has 1 aromatic carbocycles. The molecule has 0 aliphatic heterocycles. The van der Waals surface area contributed by atoms with E-state index in [4.69, 9.17) is 4.74 Å². The number of nitrogens with one attached hydrogen (secondary N) is 1. The lowest BCUT2D eigenvalue weighted by Crippen LogP contribution is -2.39. The first kappa shape index (κ1) is 16.1. The maximum atomic E-state index is 12.2. The summed E-state index contributed by atoms with van der Waals surface area (Å²) in [5.41, 5.74) is -0.550. The van der Waals surface area contributed by atoms with Crippen molar-refractivity contribution in [1.29, 1.82) is 0 Å². The van der Waals surface area contributed by atoms with Crippen LogP contribution >= 0.6 is 31.9 Å². The number of hydrogen-bond donors (Lipinski definition) is 1. The lowest BCUT2D eigenvalue weighted by molar-refractivity contribution is 0.0276. The van der Waals surface area contributed by atoms with Gasteiger partial charge < -0.3 is 4.74 Å². The third-order valence-corrected chi connectivity index (χ3v) is 5.31. The summed E-state index contributed by atoms with van der Waals surface area (Å²) in [5, 5.41) is 0. The summed E-state index contributed by atoms with van der Waals surface area (Å²) in [4.78, 5) is 0.198. The molecule has 18 heavy (non-hydrogen) atoms. The van der Waals surface area contributed by atoms with Gasteiger partial charge in [0.1, 0.15) is 0 Å². The van der Waals surface area contributed by atoms with Gasteiger partial charge in [0.15, 0.2) is 0 Å². The Morgan fingerprint density at radius 2 is 1.94 bits per heavy atom. The molecular weight excluding hydrogens is 386 g/mol. The van der Waals surface area contributed by atoms with Gasteiger partial charge in [0.25, 0.3) is 0 Å². The van der Waals surface area contributed by atoms with Crippen molar-refractivity contribution in [2.75, 3.05) is 13.7 Å². The average molecular weight is 401 g/mol. The zero-order chi connectivity index (χ0) is 14.0. The molecule has 0 radical (unpaired) electrons. The topological polar surface area (TPSA) is 55.4 Å². The highest BCUT2D eigenvalue weighted by Crippen LogP contribution is 2.25. The van der Waals surface area contributed by atoms with Crippen molar-refractivity contribution in [1.82, 2.24) is 4.72 Å². The van der Waals surface area contributed by atoms with Crippen LogP contribution in [0, 0.1) is 0 Å². The highest BCUT2D eigenvalue weighted by atomic mass is 79.9. The van der Waals surface area contributed by atoms with Crippen LogP contribution < -0.4 is 4.72 Å². The predicted molar refractivity (Wildman–Crippen MR) is 78.1 cm³/mol. The van der Waals surface area contributed by atoms with E-state index in [0.29, 0.717) is 8.95 Å². The minimum Gasteiger partial charge on any atom is -0.377 e. The number of sulfonamides is 1. The Morgan fingerprint density at radius 3 is 2.50 bits per heavy atom. The standard InChI is InChI=1S/C11H15Br2NO3S/c1-11(2,17-3)7-14-18(15,16)10-6-8(12)4-5-9(10)13/h4-6,14H,7H2,1-3H3. The van der Waals surface area contributed by atoms with Gasteiger partial charge in [-0.15, -0.1) is 0 Å². The Kier molecular flexibility index (Phi) is 5.37. The minimum absolute atomic E-state index is 0.198. The first-order valence-corrected chi connectivity index (χ1v) is 8.25. The van der Waals surface area contributed by atoms with Gasteiger partial charge in [0, 0.05) is 22.6 Å². The first-order chi connectivity index (χ1) is 8.18. The number of rotatable bonds is 5. The molecule has 4 nitrogen and oxygen atoms in total. The SMILES string of the molecule is COC(C)(C)CNS(=O)(=O)c1cc(Br)ccc1Br. The van der Waals surface area contributed by atoms with Crippen LogP contribution in [-0.4, -0.2) is 27.7 Å². The van der Waals surface area contributed by atoms with Gasteiger partial charge in [-0.3, -0.25) is 0 Å². The van der Waals surface area contributed by atoms with E-state index in [2.05, 4.69) is 36.6 Å². The molecule has 0 spiro atoms. The molecule has 0 bridgehead atoms. The Balaban J connectivity index is 2.97. The molecule has 1 aromatic rings. The molecule has 0 saturated carbocycles. The van der Waals surface area contributed by atoms with Gasteiger partial charge in [-0.1, -0.05) is 15.9 Å². The molecule has 1 rings (SSSR count). The number of ether oxygens (including phenoxy) is 1. The van der Waals surface area contributed by atoms with E-state index >= 15 is 0 Å². The smallest absolute Gasteiger partial charge is 0.241 e. The van der Waals surface area contributed by atoms with E-state index < -0.39 is 15.6 Å². The monoisotopic (exact) mass is 399 g/mol. The van der Waals surface area contributed by atoms with Crippen molar-refractivity contribution in [3.63, 3.8) is 0 Å². The Labute approximate surface area is 124 Å². The third kappa shape index (κ3) is 4.31. The first-order valence-electron chi connectivity index (χ1n) is 5.18. The van der Waals surface area contributed by atoms with E-state index in [-0.39, 0.29) is 11.4 Å². The molecule has 0 fully saturated rings. The van der Waals surface area contributed by atoms with Crippen LogP contribution in [0.1, 0.15) is 13.8 Å². The summed E-state index contributed by atoms with van der Waals surface area (Å²) < 4.78 is 33.2. The van der Waals surface area contributed by atoms with Crippen LogP contribution in [0.3, 0.4) is 0 Å². The summed E-state index contributed by atoms with van der Waals surface area (Å²) in [5.74, 6) is 0. The quantitative estimate of drug-likeness (QED) is 0.826. The Morgan fingerprint density at radius 1 is 1.33 bits per heavy atom. The zero-order valence-electron chi connectivity index (χ0n) is 10.3. The third-order valence-electron chi connectivity index (χ3n) is 2.42. The molecule has 0 unspecified atom stereocenters. The molecule has 0 aliphatic rings. The van der Waals surface area contributed by atoms with Gasteiger partial charge in [0.05, 0.1) is 10.5 Å². The summed E-state index contributed by atoms with van der Waals surface area (Å²) in [7, 11) is -2.02. The molecule has 0 aromatic heterocycles. The van der Waals surface area contributed by atoms with Crippen molar-refractivity contribution >= 4 is 41.9 Å². The van der Waals surface area contributed by atoms with Crippen LogP contribution in [0.5, 0.6) is 0 Å². The van der Waals surface area contributed by atoms with Crippen molar-refractivity contribution in [3.8, 4) is 0 Å².